The molecule has 0 radical (unpaired) electrons. The number of hydrogen-bond donors (Lipinski definition) is 0. The van der Waals surface area contributed by atoms with Gasteiger partial charge in [0.1, 0.15) is 10.3 Å². The highest BCUT2D eigenvalue weighted by Crippen LogP contribution is 2.32. The first-order valence-corrected chi connectivity index (χ1v) is 11.3. The van der Waals surface area contributed by atoms with Crippen LogP contribution in [0.5, 0.6) is 0 Å². The average Bonchev–Trinajstić information content (AvgIpc) is 3.23. The molecule has 5 rings (SSSR count). The van der Waals surface area contributed by atoms with Gasteiger partial charge in [0.25, 0.3) is 0 Å². The van der Waals surface area contributed by atoms with E-state index in [-0.39, 0.29) is 5.92 Å². The summed E-state index contributed by atoms with van der Waals surface area (Å²) in [5.74, 6) is 0.547. The number of amides is 1. The molecule has 2 aliphatic heterocycles. The van der Waals surface area contributed by atoms with Crippen LogP contribution in [0, 0.1) is 5.92 Å². The third-order valence-electron chi connectivity index (χ3n) is 5.98. The number of likely N-dealkylation sites (tertiary alicyclic amines) is 1. The second-order valence-corrected chi connectivity index (χ2v) is 8.86. The second-order valence-electron chi connectivity index (χ2n) is 7.91. The van der Waals surface area contributed by atoms with Crippen molar-refractivity contribution in [3.05, 3.63) is 36.7 Å². The summed E-state index contributed by atoms with van der Waals surface area (Å²) >= 11 is 1.64. The minimum Gasteiger partial charge on any atom is -0.348 e. The van der Waals surface area contributed by atoms with E-state index < -0.39 is 0 Å². The summed E-state index contributed by atoms with van der Waals surface area (Å²) in [7, 11) is 0. The van der Waals surface area contributed by atoms with E-state index in [0.29, 0.717) is 5.91 Å². The van der Waals surface area contributed by atoms with Gasteiger partial charge in [-0.15, -0.1) is 0 Å². The first-order chi connectivity index (χ1) is 14.3. The molecular weight excluding hydrogens is 382 g/mol. The van der Waals surface area contributed by atoms with E-state index in [1.807, 2.05) is 30.5 Å². The Balaban J connectivity index is 1.27. The summed E-state index contributed by atoms with van der Waals surface area (Å²) in [6.45, 7) is 3.67. The first kappa shape index (κ1) is 18.5. The zero-order chi connectivity index (χ0) is 19.6. The molecule has 1 amide bonds. The Labute approximate surface area is 174 Å². The van der Waals surface area contributed by atoms with Gasteiger partial charge >= 0.3 is 0 Å². The number of fused-ring (bicyclic) bond motifs is 1. The van der Waals surface area contributed by atoms with E-state index in [0.717, 1.165) is 78.6 Å². The Bertz CT molecular complexity index is 991. The van der Waals surface area contributed by atoms with Gasteiger partial charge < -0.3 is 9.80 Å². The zero-order valence-electron chi connectivity index (χ0n) is 16.5. The molecule has 3 aromatic rings. The van der Waals surface area contributed by atoms with Gasteiger partial charge in [0.2, 0.25) is 5.91 Å². The molecule has 150 valence electrons. The zero-order valence-corrected chi connectivity index (χ0v) is 17.3. The Morgan fingerprint density at radius 2 is 1.83 bits per heavy atom. The van der Waals surface area contributed by atoms with Gasteiger partial charge in [0.15, 0.2) is 5.13 Å². The molecule has 2 aliphatic rings. The van der Waals surface area contributed by atoms with Crippen molar-refractivity contribution in [2.24, 2.45) is 5.92 Å². The maximum absolute atomic E-state index is 12.8. The van der Waals surface area contributed by atoms with Crippen LogP contribution in [-0.4, -0.2) is 51.9 Å². The number of pyridine rings is 2. The summed E-state index contributed by atoms with van der Waals surface area (Å²) in [5, 5.41) is 1.01. The van der Waals surface area contributed by atoms with Crippen molar-refractivity contribution < 1.29 is 4.79 Å². The summed E-state index contributed by atoms with van der Waals surface area (Å²) in [4.78, 5) is 31.9. The van der Waals surface area contributed by atoms with Crippen LogP contribution in [0.3, 0.4) is 0 Å². The van der Waals surface area contributed by atoms with Gasteiger partial charge in [-0.2, -0.15) is 0 Å². The predicted octanol–water partition coefficient (Wildman–Crippen LogP) is 3.98. The smallest absolute Gasteiger partial charge is 0.225 e. The van der Waals surface area contributed by atoms with Gasteiger partial charge in [-0.3, -0.25) is 9.78 Å². The van der Waals surface area contributed by atoms with E-state index in [4.69, 9.17) is 9.97 Å². The summed E-state index contributed by atoms with van der Waals surface area (Å²) in [6.07, 6.45) is 9.01. The standard InChI is InChI=1S/C22H25N5OS/c28-21(26-11-2-1-3-12-26)16-8-13-27(14-9-16)22-25-19-7-6-18(24-20(19)29-22)17-5-4-10-23-15-17/h4-7,10,15-16H,1-3,8-9,11-14H2. The molecule has 29 heavy (non-hydrogen) atoms. The molecule has 5 heterocycles. The fraction of sp³-hybridized carbons (Fsp3) is 0.455. The molecular formula is C22H25N5OS. The van der Waals surface area contributed by atoms with Crippen molar-refractivity contribution in [3.63, 3.8) is 0 Å². The molecule has 0 unspecified atom stereocenters. The maximum Gasteiger partial charge on any atom is 0.225 e. The van der Waals surface area contributed by atoms with Crippen molar-refractivity contribution in [1.29, 1.82) is 0 Å². The molecule has 0 N–H and O–H groups in total. The van der Waals surface area contributed by atoms with Crippen molar-refractivity contribution in [3.8, 4) is 11.3 Å². The fourth-order valence-electron chi connectivity index (χ4n) is 4.31. The molecule has 6 nitrogen and oxygen atoms in total. The van der Waals surface area contributed by atoms with Crippen LogP contribution in [0.15, 0.2) is 36.7 Å². The van der Waals surface area contributed by atoms with Gasteiger partial charge in [0.05, 0.1) is 5.69 Å². The van der Waals surface area contributed by atoms with Gasteiger partial charge in [-0.25, -0.2) is 9.97 Å². The molecule has 0 saturated carbocycles. The van der Waals surface area contributed by atoms with Crippen molar-refractivity contribution >= 4 is 32.7 Å². The third-order valence-corrected chi connectivity index (χ3v) is 7.01. The molecule has 0 bridgehead atoms. The lowest BCUT2D eigenvalue weighted by Gasteiger charge is -2.35. The number of rotatable bonds is 3. The lowest BCUT2D eigenvalue weighted by Crippen LogP contribution is -2.44. The van der Waals surface area contributed by atoms with Crippen LogP contribution in [0.2, 0.25) is 0 Å². The molecule has 7 heteroatoms. The molecule has 0 aliphatic carbocycles. The predicted molar refractivity (Wildman–Crippen MR) is 116 cm³/mol. The lowest BCUT2D eigenvalue weighted by atomic mass is 9.94. The molecule has 0 atom stereocenters. The van der Waals surface area contributed by atoms with Crippen LogP contribution in [-0.2, 0) is 4.79 Å². The van der Waals surface area contributed by atoms with Gasteiger partial charge in [-0.1, -0.05) is 11.3 Å². The van der Waals surface area contributed by atoms with Gasteiger partial charge in [0, 0.05) is 50.1 Å². The van der Waals surface area contributed by atoms with Gasteiger partial charge in [-0.05, 0) is 56.4 Å². The minimum absolute atomic E-state index is 0.175. The lowest BCUT2D eigenvalue weighted by molar-refractivity contribution is -0.137. The van der Waals surface area contributed by atoms with E-state index in [1.54, 1.807) is 17.5 Å². The van der Waals surface area contributed by atoms with Crippen LogP contribution in [0.25, 0.3) is 21.6 Å². The van der Waals surface area contributed by atoms with Crippen molar-refractivity contribution in [2.45, 2.75) is 32.1 Å². The SMILES string of the molecule is O=C(C1CCN(c2nc3ccc(-c4cccnc4)nc3s2)CC1)N1CCCCC1. The van der Waals surface area contributed by atoms with Crippen LogP contribution >= 0.6 is 11.3 Å². The molecule has 0 aromatic carbocycles. The normalized spacial score (nSPS) is 18.3. The number of hydrogen-bond acceptors (Lipinski definition) is 6. The number of aromatic nitrogens is 3. The van der Waals surface area contributed by atoms with E-state index in [2.05, 4.69) is 14.8 Å². The monoisotopic (exact) mass is 407 g/mol. The topological polar surface area (TPSA) is 62.2 Å². The summed E-state index contributed by atoms with van der Waals surface area (Å²) in [6, 6.07) is 7.99. The molecule has 2 saturated heterocycles. The molecule has 0 spiro atoms. The van der Waals surface area contributed by atoms with E-state index in [1.165, 1.54) is 6.42 Å². The van der Waals surface area contributed by atoms with Crippen molar-refractivity contribution in [1.82, 2.24) is 19.9 Å². The van der Waals surface area contributed by atoms with Crippen molar-refractivity contribution in [2.75, 3.05) is 31.1 Å². The number of anilines is 1. The molecule has 2 fully saturated rings. The average molecular weight is 408 g/mol. The minimum atomic E-state index is 0.175. The van der Waals surface area contributed by atoms with Crippen LogP contribution in [0.4, 0.5) is 5.13 Å². The van der Waals surface area contributed by atoms with Crippen LogP contribution in [0.1, 0.15) is 32.1 Å². The largest absolute Gasteiger partial charge is 0.348 e. The number of carbonyl (C=O) groups excluding carboxylic acids is 1. The Kier molecular flexibility index (Phi) is 5.14. The highest BCUT2D eigenvalue weighted by atomic mass is 32.1. The first-order valence-electron chi connectivity index (χ1n) is 10.5. The fourth-order valence-corrected chi connectivity index (χ4v) is 5.30. The highest BCUT2D eigenvalue weighted by molar-refractivity contribution is 7.21. The summed E-state index contributed by atoms with van der Waals surface area (Å²) < 4.78 is 0. The number of nitrogens with zero attached hydrogens (tertiary/aromatic N) is 5. The number of carbonyl (C=O) groups is 1. The summed E-state index contributed by atoms with van der Waals surface area (Å²) in [5.41, 5.74) is 2.87. The number of piperidine rings is 2. The Morgan fingerprint density at radius 3 is 2.59 bits per heavy atom. The van der Waals surface area contributed by atoms with E-state index in [9.17, 15) is 4.79 Å². The third kappa shape index (κ3) is 3.83. The Hall–Kier alpha value is -2.54. The Morgan fingerprint density at radius 1 is 1.00 bits per heavy atom. The molecule has 3 aromatic heterocycles. The maximum atomic E-state index is 12.8. The second kappa shape index (κ2) is 8.06. The number of thiazole rings is 1. The van der Waals surface area contributed by atoms with E-state index >= 15 is 0 Å². The van der Waals surface area contributed by atoms with Crippen LogP contribution < -0.4 is 4.90 Å². The quantitative estimate of drug-likeness (QED) is 0.657. The highest BCUT2D eigenvalue weighted by Gasteiger charge is 2.30.